The van der Waals surface area contributed by atoms with Crippen molar-refractivity contribution >= 4 is 23.4 Å². The molecule has 1 atom stereocenters. The number of ether oxygens (including phenoxy) is 3. The summed E-state index contributed by atoms with van der Waals surface area (Å²) in [5, 5.41) is 5.14. The van der Waals surface area contributed by atoms with Crippen molar-refractivity contribution in [2.45, 2.75) is 23.6 Å². The number of aromatic amines is 1. The molecule has 3 aromatic rings. The number of nitrogens with zero attached hydrogens (tertiary/aromatic N) is 1. The van der Waals surface area contributed by atoms with Crippen LogP contribution in [0.2, 0.25) is 0 Å². The Morgan fingerprint density at radius 3 is 2.39 bits per heavy atom. The lowest BCUT2D eigenvalue weighted by atomic mass is 10.2. The number of aromatic nitrogens is 2. The molecule has 3 rings (SSSR count). The van der Waals surface area contributed by atoms with E-state index in [2.05, 4.69) is 10.6 Å². The van der Waals surface area contributed by atoms with Crippen LogP contribution in [0.5, 0.6) is 17.2 Å². The molecule has 2 aromatic carbocycles. The van der Waals surface area contributed by atoms with Crippen LogP contribution in [-0.2, 0) is 4.79 Å². The van der Waals surface area contributed by atoms with Crippen molar-refractivity contribution in [1.82, 2.24) is 5.27 Å². The number of hydrogen-bond donors (Lipinski definition) is 2. The maximum atomic E-state index is 13.0. The van der Waals surface area contributed by atoms with Gasteiger partial charge in [0.05, 0.1) is 32.3 Å². The molecule has 0 spiro atoms. The standard InChI is InChI=1S/C21H23N3O6S/c1-5-18(19(25)22-16-12-15(28-3)10-11-17(16)29-4)31-20-21(26)30-23-24(20)13-6-8-14(27-2)9-7-13/h6-12,18H,5H2,1-4H3,(H-,22,23,25,26)/p+1. The number of thioether (sulfide) groups is 1. The van der Waals surface area contributed by atoms with Crippen LogP contribution in [0.25, 0.3) is 5.69 Å². The largest absolute Gasteiger partial charge is 0.497 e. The van der Waals surface area contributed by atoms with Gasteiger partial charge in [0.25, 0.3) is 0 Å². The number of rotatable bonds is 9. The van der Waals surface area contributed by atoms with Crippen LogP contribution in [-0.4, -0.2) is 37.8 Å². The average molecular weight is 447 g/mol. The molecule has 164 valence electrons. The maximum Gasteiger partial charge on any atom is 0.442 e. The molecule has 0 fully saturated rings. The van der Waals surface area contributed by atoms with E-state index in [4.69, 9.17) is 18.7 Å². The van der Waals surface area contributed by atoms with Crippen molar-refractivity contribution in [1.29, 1.82) is 0 Å². The van der Waals surface area contributed by atoms with Gasteiger partial charge in [0.1, 0.15) is 17.2 Å². The van der Waals surface area contributed by atoms with Crippen molar-refractivity contribution < 1.29 is 28.2 Å². The molecule has 0 saturated heterocycles. The van der Waals surface area contributed by atoms with E-state index in [1.165, 1.54) is 11.8 Å². The second-order valence-corrected chi connectivity index (χ2v) is 7.58. The van der Waals surface area contributed by atoms with Gasteiger partial charge in [0.2, 0.25) is 11.6 Å². The lowest BCUT2D eigenvalue weighted by Crippen LogP contribution is -2.37. The minimum absolute atomic E-state index is 0.254. The summed E-state index contributed by atoms with van der Waals surface area (Å²) >= 11 is 1.11. The number of methoxy groups -OCH3 is 3. The monoisotopic (exact) mass is 446 g/mol. The summed E-state index contributed by atoms with van der Waals surface area (Å²) < 4.78 is 22.2. The van der Waals surface area contributed by atoms with Gasteiger partial charge >= 0.3 is 10.7 Å². The molecule has 1 heterocycles. The van der Waals surface area contributed by atoms with Gasteiger partial charge in [-0.1, -0.05) is 6.92 Å². The highest BCUT2D eigenvalue weighted by Gasteiger charge is 2.31. The van der Waals surface area contributed by atoms with Crippen molar-refractivity contribution in [2.24, 2.45) is 0 Å². The van der Waals surface area contributed by atoms with Crippen molar-refractivity contribution in [3.63, 3.8) is 0 Å². The third kappa shape index (κ3) is 5.02. The quantitative estimate of drug-likeness (QED) is 0.384. The summed E-state index contributed by atoms with van der Waals surface area (Å²) in [6, 6.07) is 12.2. The fraction of sp³-hybridized carbons (Fsp3) is 0.286. The predicted octanol–water partition coefficient (Wildman–Crippen LogP) is 2.78. The molecule has 0 aliphatic rings. The van der Waals surface area contributed by atoms with Crippen LogP contribution < -0.4 is 29.8 Å². The Morgan fingerprint density at radius 1 is 1.10 bits per heavy atom. The number of hydrogen-bond acceptors (Lipinski definition) is 7. The highest BCUT2D eigenvalue weighted by molar-refractivity contribution is 8.00. The smallest absolute Gasteiger partial charge is 0.442 e. The van der Waals surface area contributed by atoms with Gasteiger partial charge in [-0.05, 0) is 52.4 Å². The van der Waals surface area contributed by atoms with Crippen LogP contribution in [0, 0.1) is 0 Å². The Balaban J connectivity index is 1.84. The fourth-order valence-corrected chi connectivity index (χ4v) is 3.84. The van der Waals surface area contributed by atoms with E-state index in [0.717, 1.165) is 11.8 Å². The Bertz CT molecular complexity index is 1090. The molecule has 1 amide bonds. The van der Waals surface area contributed by atoms with E-state index >= 15 is 0 Å². The van der Waals surface area contributed by atoms with Gasteiger partial charge in [-0.2, -0.15) is 0 Å². The Morgan fingerprint density at radius 2 is 1.77 bits per heavy atom. The first-order valence-electron chi connectivity index (χ1n) is 9.48. The Kier molecular flexibility index (Phi) is 7.24. The van der Waals surface area contributed by atoms with E-state index in [0.29, 0.717) is 35.0 Å². The second-order valence-electron chi connectivity index (χ2n) is 6.39. The third-order valence-corrected chi connectivity index (χ3v) is 5.92. The van der Waals surface area contributed by atoms with Gasteiger partial charge in [-0.3, -0.25) is 9.32 Å². The first-order chi connectivity index (χ1) is 15.0. The molecule has 0 bridgehead atoms. The van der Waals surface area contributed by atoms with Gasteiger partial charge in [-0.15, -0.1) is 0 Å². The van der Waals surface area contributed by atoms with Crippen molar-refractivity contribution in [3.8, 4) is 22.9 Å². The summed E-state index contributed by atoms with van der Waals surface area (Å²) in [7, 11) is 4.64. The Labute approximate surface area is 183 Å². The summed E-state index contributed by atoms with van der Waals surface area (Å²) in [6.45, 7) is 1.87. The average Bonchev–Trinajstić information content (AvgIpc) is 3.17. The molecule has 0 saturated carbocycles. The second kappa shape index (κ2) is 10.1. The molecular weight excluding hydrogens is 422 g/mol. The number of benzene rings is 2. The van der Waals surface area contributed by atoms with Gasteiger partial charge < -0.3 is 19.5 Å². The zero-order valence-corrected chi connectivity index (χ0v) is 18.4. The van der Waals surface area contributed by atoms with Gasteiger partial charge in [0.15, 0.2) is 0 Å². The molecule has 31 heavy (non-hydrogen) atoms. The maximum absolute atomic E-state index is 13.0. The number of carbonyl (C=O) groups excluding carboxylic acids is 1. The zero-order chi connectivity index (χ0) is 22.4. The minimum Gasteiger partial charge on any atom is -0.497 e. The zero-order valence-electron chi connectivity index (χ0n) is 17.6. The Hall–Kier alpha value is -3.40. The summed E-state index contributed by atoms with van der Waals surface area (Å²) in [6.07, 6.45) is 0.482. The number of amides is 1. The third-order valence-electron chi connectivity index (χ3n) is 4.52. The molecule has 9 nitrogen and oxygen atoms in total. The summed E-state index contributed by atoms with van der Waals surface area (Å²) in [5.41, 5.74) is 0.583. The molecule has 0 aliphatic carbocycles. The topological polar surface area (TPSA) is 107 Å². The molecular formula is C21H24N3O6S+. The highest BCUT2D eigenvalue weighted by Crippen LogP contribution is 2.30. The first kappa shape index (κ1) is 22.3. The summed E-state index contributed by atoms with van der Waals surface area (Å²) in [5.74, 6) is 1.49. The highest BCUT2D eigenvalue weighted by atomic mass is 32.2. The molecule has 10 heteroatoms. The lowest BCUT2D eigenvalue weighted by Gasteiger charge is -2.15. The molecule has 1 aromatic heterocycles. The van der Waals surface area contributed by atoms with E-state index < -0.39 is 10.9 Å². The normalized spacial score (nSPS) is 11.6. The molecule has 0 radical (unpaired) electrons. The van der Waals surface area contributed by atoms with E-state index in [1.54, 1.807) is 56.7 Å². The van der Waals surface area contributed by atoms with Crippen LogP contribution in [0.4, 0.5) is 5.69 Å². The minimum atomic E-state index is -0.564. The summed E-state index contributed by atoms with van der Waals surface area (Å²) in [4.78, 5) is 25.3. The molecule has 0 aliphatic heterocycles. The number of carbonyl (C=O) groups is 1. The van der Waals surface area contributed by atoms with E-state index in [1.807, 2.05) is 6.92 Å². The molecule has 2 N–H and O–H groups in total. The SMILES string of the molecule is CCC(Sc1c(=O)o[nH][n+]1-c1ccc(OC)cc1)C(=O)Nc1cc(OC)ccc1OC. The van der Waals surface area contributed by atoms with Crippen LogP contribution in [0.1, 0.15) is 13.3 Å². The number of H-pyrrole nitrogens is 1. The lowest BCUT2D eigenvalue weighted by molar-refractivity contribution is -0.704. The van der Waals surface area contributed by atoms with Gasteiger partial charge in [0, 0.05) is 18.2 Å². The van der Waals surface area contributed by atoms with E-state index in [-0.39, 0.29) is 10.9 Å². The van der Waals surface area contributed by atoms with Gasteiger partial charge in [-0.25, -0.2) is 4.79 Å². The van der Waals surface area contributed by atoms with E-state index in [9.17, 15) is 9.59 Å². The molecule has 1 unspecified atom stereocenters. The van der Waals surface area contributed by atoms with Crippen LogP contribution >= 0.6 is 11.8 Å². The fourth-order valence-electron chi connectivity index (χ4n) is 2.85. The predicted molar refractivity (Wildman–Crippen MR) is 116 cm³/mol. The first-order valence-corrected chi connectivity index (χ1v) is 10.4. The van der Waals surface area contributed by atoms with Crippen LogP contribution in [0.3, 0.4) is 0 Å². The van der Waals surface area contributed by atoms with Crippen molar-refractivity contribution in [2.75, 3.05) is 26.6 Å². The number of anilines is 1. The van der Waals surface area contributed by atoms with Crippen LogP contribution in [0.15, 0.2) is 56.8 Å². The van der Waals surface area contributed by atoms with Crippen molar-refractivity contribution in [3.05, 3.63) is 52.9 Å². The number of nitrogens with one attached hydrogen (secondary N) is 2.